The van der Waals surface area contributed by atoms with E-state index < -0.39 is 23.8 Å². The van der Waals surface area contributed by atoms with Gasteiger partial charge in [-0.2, -0.15) is 0 Å². The van der Waals surface area contributed by atoms with Gasteiger partial charge in [0.15, 0.2) is 0 Å². The van der Waals surface area contributed by atoms with Crippen molar-refractivity contribution in [3.05, 3.63) is 35.4 Å². The molecule has 0 aromatic heterocycles. The summed E-state index contributed by atoms with van der Waals surface area (Å²) in [6.45, 7) is 4.54. The van der Waals surface area contributed by atoms with Crippen molar-refractivity contribution in [1.82, 2.24) is 10.2 Å². The smallest absolute Gasteiger partial charge is 0.317 e. The number of hydrogen-bond donors (Lipinski definition) is 2. The van der Waals surface area contributed by atoms with Crippen LogP contribution in [0.2, 0.25) is 0 Å². The molecule has 4 nitrogen and oxygen atoms in total. The van der Waals surface area contributed by atoms with Gasteiger partial charge in [-0.3, -0.25) is 0 Å². The number of carbonyl (C=O) groups is 1. The highest BCUT2D eigenvalue weighted by Crippen LogP contribution is 2.22. The number of piperidine rings is 1. The second-order valence-electron chi connectivity index (χ2n) is 5.86. The highest BCUT2D eigenvalue weighted by atomic mass is 19.1. The van der Waals surface area contributed by atoms with E-state index >= 15 is 0 Å². The molecule has 1 aliphatic rings. The van der Waals surface area contributed by atoms with E-state index in [1.54, 1.807) is 6.92 Å². The van der Waals surface area contributed by atoms with Crippen molar-refractivity contribution in [2.24, 2.45) is 5.92 Å². The van der Waals surface area contributed by atoms with Crippen LogP contribution in [0, 0.1) is 17.6 Å². The number of nitrogens with zero attached hydrogens (tertiary/aromatic N) is 1. The van der Waals surface area contributed by atoms with Crippen LogP contribution in [0.25, 0.3) is 0 Å². The average molecular weight is 312 g/mol. The molecule has 2 amide bonds. The summed E-state index contributed by atoms with van der Waals surface area (Å²) in [5, 5.41) is 12.6. The number of amides is 2. The van der Waals surface area contributed by atoms with Gasteiger partial charge >= 0.3 is 6.03 Å². The zero-order valence-electron chi connectivity index (χ0n) is 12.9. The molecule has 0 radical (unpaired) electrons. The zero-order valence-corrected chi connectivity index (χ0v) is 12.9. The summed E-state index contributed by atoms with van der Waals surface area (Å²) in [6, 6.07) is 2.26. The Hall–Kier alpha value is -1.69. The third kappa shape index (κ3) is 3.74. The number of aliphatic hydroxyl groups is 1. The molecule has 1 aromatic carbocycles. The fourth-order valence-corrected chi connectivity index (χ4v) is 2.66. The number of nitrogens with one attached hydrogen (secondary N) is 1. The van der Waals surface area contributed by atoms with Crippen molar-refractivity contribution in [1.29, 1.82) is 0 Å². The van der Waals surface area contributed by atoms with Gasteiger partial charge in [0.05, 0.1) is 12.1 Å². The minimum absolute atomic E-state index is 0.141. The van der Waals surface area contributed by atoms with E-state index in [4.69, 9.17) is 0 Å². The minimum Gasteiger partial charge on any atom is -0.391 e. The lowest BCUT2D eigenvalue weighted by Gasteiger charge is -2.35. The first-order chi connectivity index (χ1) is 10.4. The molecule has 1 saturated heterocycles. The number of urea groups is 1. The number of halogens is 2. The second-order valence-corrected chi connectivity index (χ2v) is 5.86. The SMILES string of the molecule is CCC(NC(=O)N1CCC(C)C(O)C1)c1cc(F)ccc1F. The third-order valence-corrected chi connectivity index (χ3v) is 4.25. The van der Waals surface area contributed by atoms with E-state index in [-0.39, 0.29) is 24.1 Å². The number of rotatable bonds is 3. The largest absolute Gasteiger partial charge is 0.391 e. The molecule has 3 unspecified atom stereocenters. The zero-order chi connectivity index (χ0) is 16.3. The molecule has 2 rings (SSSR count). The predicted octanol–water partition coefficient (Wildman–Crippen LogP) is 2.83. The molecule has 6 heteroatoms. The van der Waals surface area contributed by atoms with Crippen molar-refractivity contribution in [2.45, 2.75) is 38.8 Å². The minimum atomic E-state index is -0.598. The van der Waals surface area contributed by atoms with Crippen molar-refractivity contribution in [3.63, 3.8) is 0 Å². The Balaban J connectivity index is 2.06. The molecule has 0 spiro atoms. The lowest BCUT2D eigenvalue weighted by Crippen LogP contribution is -2.50. The van der Waals surface area contributed by atoms with Crippen LogP contribution >= 0.6 is 0 Å². The molecule has 22 heavy (non-hydrogen) atoms. The normalized spacial score (nSPS) is 23.2. The van der Waals surface area contributed by atoms with Crippen LogP contribution < -0.4 is 5.32 Å². The molecule has 0 bridgehead atoms. The van der Waals surface area contributed by atoms with Crippen LogP contribution in [0.5, 0.6) is 0 Å². The van der Waals surface area contributed by atoms with E-state index in [9.17, 15) is 18.7 Å². The van der Waals surface area contributed by atoms with Crippen LogP contribution in [0.1, 0.15) is 38.3 Å². The molecule has 2 N–H and O–H groups in total. The van der Waals surface area contributed by atoms with Gasteiger partial charge in [0.25, 0.3) is 0 Å². The van der Waals surface area contributed by atoms with Gasteiger partial charge in [-0.25, -0.2) is 13.6 Å². The number of benzene rings is 1. The van der Waals surface area contributed by atoms with E-state index in [1.165, 1.54) is 4.90 Å². The highest BCUT2D eigenvalue weighted by Gasteiger charge is 2.28. The Labute approximate surface area is 129 Å². The summed E-state index contributed by atoms with van der Waals surface area (Å²) in [4.78, 5) is 13.8. The molecular weight excluding hydrogens is 290 g/mol. The topological polar surface area (TPSA) is 52.6 Å². The van der Waals surface area contributed by atoms with Gasteiger partial charge in [0, 0.05) is 18.7 Å². The van der Waals surface area contributed by atoms with Gasteiger partial charge in [0.2, 0.25) is 0 Å². The lowest BCUT2D eigenvalue weighted by molar-refractivity contribution is 0.0429. The van der Waals surface area contributed by atoms with Gasteiger partial charge in [0.1, 0.15) is 11.6 Å². The molecule has 1 heterocycles. The first-order valence-corrected chi connectivity index (χ1v) is 7.60. The van der Waals surface area contributed by atoms with E-state index in [0.717, 1.165) is 24.6 Å². The van der Waals surface area contributed by atoms with Crippen molar-refractivity contribution in [2.75, 3.05) is 13.1 Å². The monoisotopic (exact) mass is 312 g/mol. The maximum atomic E-state index is 13.8. The number of likely N-dealkylation sites (tertiary alicyclic amines) is 1. The van der Waals surface area contributed by atoms with Crippen LogP contribution in [0.4, 0.5) is 13.6 Å². The summed E-state index contributed by atoms with van der Waals surface area (Å²) in [5.74, 6) is -0.918. The summed E-state index contributed by atoms with van der Waals surface area (Å²) in [5.41, 5.74) is 0.141. The summed E-state index contributed by atoms with van der Waals surface area (Å²) in [6.07, 6.45) is 0.615. The Morgan fingerprint density at radius 3 is 2.86 bits per heavy atom. The number of carbonyl (C=O) groups excluding carboxylic acids is 1. The molecule has 1 aromatic rings. The van der Waals surface area contributed by atoms with Crippen LogP contribution in [-0.2, 0) is 0 Å². The van der Waals surface area contributed by atoms with Crippen molar-refractivity contribution >= 4 is 6.03 Å². The van der Waals surface area contributed by atoms with Gasteiger partial charge in [-0.05, 0) is 37.0 Å². The number of aliphatic hydroxyl groups excluding tert-OH is 1. The Morgan fingerprint density at radius 2 is 2.23 bits per heavy atom. The number of β-amino-alcohol motifs (C(OH)–C–C–N with tert-alkyl or cyclic N) is 1. The molecule has 1 aliphatic heterocycles. The van der Waals surface area contributed by atoms with Gasteiger partial charge < -0.3 is 15.3 Å². The Bertz CT molecular complexity index is 539. The van der Waals surface area contributed by atoms with Crippen LogP contribution in [0.3, 0.4) is 0 Å². The van der Waals surface area contributed by atoms with Crippen molar-refractivity contribution in [3.8, 4) is 0 Å². The molecule has 122 valence electrons. The highest BCUT2D eigenvalue weighted by molar-refractivity contribution is 5.75. The Kier molecular flexibility index (Phi) is 5.34. The lowest BCUT2D eigenvalue weighted by atomic mass is 9.96. The van der Waals surface area contributed by atoms with E-state index in [2.05, 4.69) is 5.32 Å². The molecular formula is C16H22F2N2O2. The first kappa shape index (κ1) is 16.7. The van der Waals surface area contributed by atoms with E-state index in [1.807, 2.05) is 6.92 Å². The second kappa shape index (κ2) is 7.05. The molecule has 3 atom stereocenters. The fourth-order valence-electron chi connectivity index (χ4n) is 2.66. The average Bonchev–Trinajstić information content (AvgIpc) is 2.50. The maximum Gasteiger partial charge on any atom is 0.317 e. The third-order valence-electron chi connectivity index (χ3n) is 4.25. The summed E-state index contributed by atoms with van der Waals surface area (Å²) < 4.78 is 27.1. The van der Waals surface area contributed by atoms with Gasteiger partial charge in [-0.1, -0.05) is 13.8 Å². The first-order valence-electron chi connectivity index (χ1n) is 7.60. The van der Waals surface area contributed by atoms with Crippen LogP contribution in [-0.4, -0.2) is 35.2 Å². The molecule has 0 aliphatic carbocycles. The van der Waals surface area contributed by atoms with Crippen LogP contribution in [0.15, 0.2) is 18.2 Å². The quantitative estimate of drug-likeness (QED) is 0.902. The standard InChI is InChI=1S/C16H22F2N2O2/c1-3-14(12-8-11(17)4-5-13(12)18)19-16(22)20-7-6-10(2)15(21)9-20/h4-5,8,10,14-15,21H,3,6-7,9H2,1-2H3,(H,19,22). The van der Waals surface area contributed by atoms with Crippen molar-refractivity contribution < 1.29 is 18.7 Å². The molecule has 0 saturated carbocycles. The molecule has 1 fully saturated rings. The fraction of sp³-hybridized carbons (Fsp3) is 0.562. The van der Waals surface area contributed by atoms with E-state index in [0.29, 0.717) is 13.0 Å². The summed E-state index contributed by atoms with van der Waals surface area (Å²) in [7, 11) is 0. The van der Waals surface area contributed by atoms with Gasteiger partial charge in [-0.15, -0.1) is 0 Å². The summed E-state index contributed by atoms with van der Waals surface area (Å²) >= 11 is 0. The Morgan fingerprint density at radius 1 is 1.50 bits per heavy atom. The maximum absolute atomic E-state index is 13.8. The number of hydrogen-bond acceptors (Lipinski definition) is 2. The predicted molar refractivity (Wildman–Crippen MR) is 79.3 cm³/mol.